The van der Waals surface area contributed by atoms with Crippen molar-refractivity contribution in [2.24, 2.45) is 46.1 Å². The minimum absolute atomic E-state index is 0.0357. The minimum Gasteiger partial charge on any atom is -0.411 e. The molecular formula is C23H29NO2. The molecule has 1 spiro atoms. The molecule has 0 saturated heterocycles. The standard InChI is InChI=1S/C23H29NO2/c1-13-10-18-16(15-5-4-14(24-25)11-17(13)15)6-8-22(2)21(18)19-12-20(19)23(22)7-3-9-26-23/h3,7,11,15-16,18-21,25H,1,4-6,8-10,12H2,2H3/b24-14+/t15-,16-,18-,19-,20+,21-,22+,23+/m1/s1. The van der Waals surface area contributed by atoms with Gasteiger partial charge in [-0.3, -0.25) is 0 Å². The Morgan fingerprint density at radius 2 is 2.15 bits per heavy atom. The first-order chi connectivity index (χ1) is 12.6. The molecule has 1 N–H and O–H groups in total. The molecule has 6 rings (SSSR count). The van der Waals surface area contributed by atoms with Crippen molar-refractivity contribution >= 4 is 5.71 Å². The molecule has 0 aromatic rings. The van der Waals surface area contributed by atoms with Crippen LogP contribution in [0.5, 0.6) is 0 Å². The van der Waals surface area contributed by atoms with Crippen molar-refractivity contribution in [3.8, 4) is 0 Å². The summed E-state index contributed by atoms with van der Waals surface area (Å²) in [4.78, 5) is 0. The van der Waals surface area contributed by atoms with E-state index in [0.717, 1.165) is 61.2 Å². The van der Waals surface area contributed by atoms with Crippen LogP contribution in [0.15, 0.2) is 41.1 Å². The van der Waals surface area contributed by atoms with Crippen molar-refractivity contribution in [1.82, 2.24) is 0 Å². The molecule has 1 heterocycles. The van der Waals surface area contributed by atoms with Gasteiger partial charge in [-0.05, 0) is 85.7 Å². The summed E-state index contributed by atoms with van der Waals surface area (Å²) in [6.07, 6.45) is 14.0. The number of hydrogen-bond acceptors (Lipinski definition) is 3. The molecule has 0 aromatic carbocycles. The van der Waals surface area contributed by atoms with Gasteiger partial charge in [0, 0.05) is 5.41 Å². The van der Waals surface area contributed by atoms with Gasteiger partial charge in [0.1, 0.15) is 0 Å². The Hall–Kier alpha value is -1.35. The molecule has 6 aliphatic rings. The lowest BCUT2D eigenvalue weighted by atomic mass is 9.48. The number of nitrogens with zero attached hydrogens (tertiary/aromatic N) is 1. The fourth-order valence-electron chi connectivity index (χ4n) is 8.29. The molecule has 5 aliphatic carbocycles. The fraction of sp³-hybridized carbons (Fsp3) is 0.696. The van der Waals surface area contributed by atoms with Gasteiger partial charge >= 0.3 is 0 Å². The molecule has 0 amide bonds. The molecule has 3 nitrogen and oxygen atoms in total. The van der Waals surface area contributed by atoms with Gasteiger partial charge in [0.15, 0.2) is 0 Å². The number of ether oxygens (including phenoxy) is 1. The third-order valence-corrected chi connectivity index (χ3v) is 9.24. The largest absolute Gasteiger partial charge is 0.411 e. The summed E-state index contributed by atoms with van der Waals surface area (Å²) in [5, 5.41) is 12.7. The second kappa shape index (κ2) is 4.92. The summed E-state index contributed by atoms with van der Waals surface area (Å²) in [6, 6.07) is 0. The Kier molecular flexibility index (Phi) is 2.97. The van der Waals surface area contributed by atoms with Crippen LogP contribution >= 0.6 is 0 Å². The van der Waals surface area contributed by atoms with E-state index in [9.17, 15) is 5.21 Å². The van der Waals surface area contributed by atoms with Crippen LogP contribution < -0.4 is 0 Å². The zero-order valence-corrected chi connectivity index (χ0v) is 15.7. The topological polar surface area (TPSA) is 41.8 Å². The van der Waals surface area contributed by atoms with Crippen molar-refractivity contribution in [3.05, 3.63) is 36.0 Å². The number of hydrogen-bond donors (Lipinski definition) is 1. The first-order valence-electron chi connectivity index (χ1n) is 10.5. The Bertz CT molecular complexity index is 779. The molecule has 0 radical (unpaired) electrons. The van der Waals surface area contributed by atoms with E-state index < -0.39 is 0 Å². The van der Waals surface area contributed by atoms with Gasteiger partial charge < -0.3 is 9.94 Å². The minimum atomic E-state index is 0.0357. The first kappa shape index (κ1) is 15.7. The molecule has 0 bridgehead atoms. The van der Waals surface area contributed by atoms with E-state index in [4.69, 9.17) is 4.74 Å². The van der Waals surface area contributed by atoms with Gasteiger partial charge in [0.2, 0.25) is 0 Å². The molecular weight excluding hydrogens is 322 g/mol. The maximum absolute atomic E-state index is 9.21. The van der Waals surface area contributed by atoms with Crippen molar-refractivity contribution < 1.29 is 9.94 Å². The van der Waals surface area contributed by atoms with Crippen molar-refractivity contribution in [1.29, 1.82) is 0 Å². The smallest absolute Gasteiger partial charge is 0.0954 e. The summed E-state index contributed by atoms with van der Waals surface area (Å²) < 4.78 is 6.48. The highest BCUT2D eigenvalue weighted by Gasteiger charge is 2.76. The van der Waals surface area contributed by atoms with Gasteiger partial charge in [-0.25, -0.2) is 0 Å². The fourth-order valence-corrected chi connectivity index (χ4v) is 8.29. The third-order valence-electron chi connectivity index (χ3n) is 9.24. The summed E-state index contributed by atoms with van der Waals surface area (Å²) in [7, 11) is 0. The second-order valence-electron chi connectivity index (χ2n) is 9.97. The lowest BCUT2D eigenvalue weighted by Gasteiger charge is -2.57. The van der Waals surface area contributed by atoms with E-state index in [2.05, 4.69) is 36.9 Å². The normalized spacial score (nSPS) is 55.3. The van der Waals surface area contributed by atoms with Crippen LogP contribution in [0.3, 0.4) is 0 Å². The maximum Gasteiger partial charge on any atom is 0.0954 e. The number of fused-ring (bicyclic) bond motifs is 9. The predicted octanol–water partition coefficient (Wildman–Crippen LogP) is 4.74. The molecule has 8 atom stereocenters. The van der Waals surface area contributed by atoms with Crippen molar-refractivity contribution in [2.75, 3.05) is 6.61 Å². The second-order valence-corrected chi connectivity index (χ2v) is 9.97. The van der Waals surface area contributed by atoms with E-state index in [1.165, 1.54) is 30.4 Å². The van der Waals surface area contributed by atoms with Crippen LogP contribution in [0.1, 0.15) is 45.4 Å². The van der Waals surface area contributed by atoms with Gasteiger partial charge in [-0.2, -0.15) is 0 Å². The highest BCUT2D eigenvalue weighted by atomic mass is 16.5. The van der Waals surface area contributed by atoms with Crippen molar-refractivity contribution in [3.63, 3.8) is 0 Å². The summed E-state index contributed by atoms with van der Waals surface area (Å²) in [5.74, 6) is 4.60. The molecule has 4 saturated carbocycles. The van der Waals surface area contributed by atoms with E-state index in [1.807, 2.05) is 0 Å². The molecule has 0 aromatic heterocycles. The molecule has 1 aliphatic heterocycles. The Morgan fingerprint density at radius 1 is 1.27 bits per heavy atom. The maximum atomic E-state index is 9.21. The molecule has 0 unspecified atom stereocenters. The summed E-state index contributed by atoms with van der Waals surface area (Å²) in [6.45, 7) is 7.83. The Balaban J connectivity index is 1.39. The van der Waals surface area contributed by atoms with E-state index in [-0.39, 0.29) is 5.60 Å². The van der Waals surface area contributed by atoms with Crippen LogP contribution in [-0.4, -0.2) is 23.1 Å². The van der Waals surface area contributed by atoms with Crippen LogP contribution in [0, 0.1) is 40.9 Å². The number of allylic oxidation sites excluding steroid dienone is 3. The predicted molar refractivity (Wildman–Crippen MR) is 101 cm³/mol. The summed E-state index contributed by atoms with van der Waals surface area (Å²) in [5.41, 5.74) is 3.88. The van der Waals surface area contributed by atoms with E-state index >= 15 is 0 Å². The lowest BCUT2D eigenvalue weighted by Crippen LogP contribution is -2.54. The summed E-state index contributed by atoms with van der Waals surface area (Å²) >= 11 is 0. The van der Waals surface area contributed by atoms with Crippen LogP contribution in [0.25, 0.3) is 0 Å². The molecule has 138 valence electrons. The lowest BCUT2D eigenvalue weighted by molar-refractivity contribution is -0.128. The van der Waals surface area contributed by atoms with Gasteiger partial charge in [-0.1, -0.05) is 36.4 Å². The van der Waals surface area contributed by atoms with Crippen LogP contribution in [-0.2, 0) is 4.74 Å². The SMILES string of the molecule is C=C1C[C@@H]2[C@H](CC[C@@]3(C)[C@H]2[C@@H]2C[C@@H]2[C@@]32C=CCO2)[C@H]2CC/C(=N\O)C=C12. The van der Waals surface area contributed by atoms with Crippen LogP contribution in [0.4, 0.5) is 0 Å². The monoisotopic (exact) mass is 351 g/mol. The Morgan fingerprint density at radius 3 is 2.92 bits per heavy atom. The van der Waals surface area contributed by atoms with E-state index in [0.29, 0.717) is 11.3 Å². The Labute approximate surface area is 155 Å². The first-order valence-corrected chi connectivity index (χ1v) is 10.5. The average molecular weight is 351 g/mol. The molecule has 3 heteroatoms. The molecule has 4 fully saturated rings. The van der Waals surface area contributed by atoms with Crippen molar-refractivity contribution in [2.45, 2.75) is 51.0 Å². The zero-order valence-electron chi connectivity index (χ0n) is 15.7. The molecule has 26 heavy (non-hydrogen) atoms. The van der Waals surface area contributed by atoms with Gasteiger partial charge in [-0.15, -0.1) is 0 Å². The van der Waals surface area contributed by atoms with E-state index in [1.54, 1.807) is 0 Å². The van der Waals surface area contributed by atoms with Crippen LogP contribution in [0.2, 0.25) is 0 Å². The average Bonchev–Trinajstić information content (AvgIpc) is 3.20. The number of rotatable bonds is 0. The zero-order chi connectivity index (χ0) is 17.7. The highest BCUT2D eigenvalue weighted by molar-refractivity contribution is 5.96. The third kappa shape index (κ3) is 1.67. The highest BCUT2D eigenvalue weighted by Crippen LogP contribution is 2.77. The van der Waals surface area contributed by atoms with Gasteiger partial charge in [0.05, 0.1) is 17.9 Å². The number of oxime groups is 1. The van der Waals surface area contributed by atoms with Gasteiger partial charge in [0.25, 0.3) is 0 Å². The quantitative estimate of drug-likeness (QED) is 0.389.